The van der Waals surface area contributed by atoms with E-state index in [1.807, 2.05) is 35.2 Å². The number of hydrogen-bond donors (Lipinski definition) is 0. The lowest BCUT2D eigenvalue weighted by molar-refractivity contribution is 0.0328. The number of benzene rings is 2. The topological polar surface area (TPSA) is 32.8 Å². The molecule has 0 N–H and O–H groups in total. The second kappa shape index (κ2) is 8.84. The molecule has 0 aliphatic carbocycles. The Bertz CT molecular complexity index is 924. The van der Waals surface area contributed by atoms with Crippen LogP contribution in [0.2, 0.25) is 10.0 Å². The van der Waals surface area contributed by atoms with Crippen LogP contribution < -0.4 is 4.74 Å². The molecular formula is C22H23BrCl2N2O2. The number of halogens is 3. The Labute approximate surface area is 189 Å². The van der Waals surface area contributed by atoms with Crippen LogP contribution in [-0.4, -0.2) is 55.0 Å². The number of methoxy groups -OCH3 is 1. The van der Waals surface area contributed by atoms with Gasteiger partial charge in [0.05, 0.1) is 27.2 Å². The standard InChI is InChI=1S/C22H23BrCl2N2O2/c1-29-20-4-2-3-17(21(20)23)22(28)27-10-9-26-12-15(5-7-16(26)13-27)14-6-8-18(24)19(25)11-14/h2-4,6,8,11,15-16H,5,7,9-10,12-13H2,1H3/t15-,16+/m1/s1. The minimum Gasteiger partial charge on any atom is -0.496 e. The van der Waals surface area contributed by atoms with Crippen LogP contribution in [0.4, 0.5) is 0 Å². The predicted octanol–water partition coefficient (Wildman–Crippen LogP) is 5.47. The normalized spacial score (nSPS) is 22.3. The molecule has 0 spiro atoms. The highest BCUT2D eigenvalue weighted by Gasteiger charge is 2.35. The zero-order chi connectivity index (χ0) is 20.5. The highest BCUT2D eigenvalue weighted by Crippen LogP contribution is 2.35. The first-order valence-corrected chi connectivity index (χ1v) is 11.3. The van der Waals surface area contributed by atoms with Gasteiger partial charge in [-0.3, -0.25) is 9.69 Å². The van der Waals surface area contributed by atoms with Gasteiger partial charge in [-0.15, -0.1) is 0 Å². The first kappa shape index (κ1) is 21.0. The summed E-state index contributed by atoms with van der Waals surface area (Å²) in [5, 5.41) is 1.21. The Morgan fingerprint density at radius 3 is 2.69 bits per heavy atom. The minimum atomic E-state index is 0.0574. The Hall–Kier alpha value is -1.27. The van der Waals surface area contributed by atoms with Crippen LogP contribution in [0.25, 0.3) is 0 Å². The molecule has 0 saturated carbocycles. The lowest BCUT2D eigenvalue weighted by atomic mass is 9.86. The summed E-state index contributed by atoms with van der Waals surface area (Å²) >= 11 is 15.8. The molecule has 2 aromatic carbocycles. The van der Waals surface area contributed by atoms with Crippen molar-refractivity contribution >= 4 is 45.0 Å². The van der Waals surface area contributed by atoms with Crippen molar-refractivity contribution in [1.82, 2.24) is 9.80 Å². The Balaban J connectivity index is 1.43. The molecule has 2 fully saturated rings. The average molecular weight is 498 g/mol. The molecule has 7 heteroatoms. The highest BCUT2D eigenvalue weighted by atomic mass is 79.9. The number of rotatable bonds is 3. The summed E-state index contributed by atoms with van der Waals surface area (Å²) in [6.45, 7) is 3.37. The smallest absolute Gasteiger partial charge is 0.255 e. The second-order valence-corrected chi connectivity index (χ2v) is 9.28. The van der Waals surface area contributed by atoms with Crippen molar-refractivity contribution in [3.63, 3.8) is 0 Å². The summed E-state index contributed by atoms with van der Waals surface area (Å²) in [7, 11) is 1.61. The SMILES string of the molecule is COc1cccc(C(=O)N2CCN3C[C@H](c4ccc(Cl)c(Cl)c4)CC[C@H]3C2)c1Br. The third-order valence-corrected chi connectivity index (χ3v) is 7.58. The fourth-order valence-electron chi connectivity index (χ4n) is 4.40. The zero-order valence-electron chi connectivity index (χ0n) is 16.2. The number of piperazine rings is 1. The molecule has 2 aromatic rings. The van der Waals surface area contributed by atoms with E-state index in [-0.39, 0.29) is 5.91 Å². The van der Waals surface area contributed by atoms with Crippen LogP contribution in [0, 0.1) is 0 Å². The highest BCUT2D eigenvalue weighted by molar-refractivity contribution is 9.10. The third kappa shape index (κ3) is 4.29. The third-order valence-electron chi connectivity index (χ3n) is 6.02. The van der Waals surface area contributed by atoms with E-state index in [4.69, 9.17) is 27.9 Å². The summed E-state index contributed by atoms with van der Waals surface area (Å²) in [6.07, 6.45) is 2.15. The lowest BCUT2D eigenvalue weighted by Crippen LogP contribution is -2.57. The lowest BCUT2D eigenvalue weighted by Gasteiger charge is -2.46. The van der Waals surface area contributed by atoms with Gasteiger partial charge in [-0.2, -0.15) is 0 Å². The average Bonchev–Trinajstić information content (AvgIpc) is 2.74. The van der Waals surface area contributed by atoms with E-state index < -0.39 is 0 Å². The maximum Gasteiger partial charge on any atom is 0.255 e. The summed E-state index contributed by atoms with van der Waals surface area (Å²) in [6, 6.07) is 11.9. The molecule has 1 amide bonds. The number of piperidine rings is 1. The number of hydrogen-bond acceptors (Lipinski definition) is 3. The second-order valence-electron chi connectivity index (χ2n) is 7.67. The van der Waals surface area contributed by atoms with Crippen molar-refractivity contribution in [3.05, 3.63) is 62.0 Å². The molecule has 4 nitrogen and oxygen atoms in total. The molecule has 0 radical (unpaired) electrons. The van der Waals surface area contributed by atoms with Gasteiger partial charge in [0.1, 0.15) is 5.75 Å². The summed E-state index contributed by atoms with van der Waals surface area (Å²) in [4.78, 5) is 17.6. The molecule has 0 aromatic heterocycles. The van der Waals surface area contributed by atoms with Gasteiger partial charge in [-0.05, 0) is 64.5 Å². The summed E-state index contributed by atoms with van der Waals surface area (Å²) in [5.41, 5.74) is 1.90. The molecule has 2 aliphatic rings. The number of ether oxygens (including phenoxy) is 1. The van der Waals surface area contributed by atoms with Crippen LogP contribution >= 0.6 is 39.1 Å². The van der Waals surface area contributed by atoms with E-state index in [1.54, 1.807) is 7.11 Å². The van der Waals surface area contributed by atoms with Crippen molar-refractivity contribution in [2.75, 3.05) is 33.3 Å². The molecule has 154 valence electrons. The number of carbonyl (C=O) groups is 1. The Morgan fingerprint density at radius 1 is 1.10 bits per heavy atom. The maximum atomic E-state index is 13.1. The van der Waals surface area contributed by atoms with Crippen LogP contribution in [0.1, 0.15) is 34.7 Å². The molecular weight excluding hydrogens is 475 g/mol. The van der Waals surface area contributed by atoms with Crippen molar-refractivity contribution in [3.8, 4) is 5.75 Å². The molecule has 2 atom stereocenters. The minimum absolute atomic E-state index is 0.0574. The Kier molecular flexibility index (Phi) is 6.40. The van der Waals surface area contributed by atoms with Gasteiger partial charge in [-0.1, -0.05) is 35.3 Å². The quantitative estimate of drug-likeness (QED) is 0.563. The van der Waals surface area contributed by atoms with Crippen molar-refractivity contribution in [2.24, 2.45) is 0 Å². The molecule has 4 rings (SSSR count). The van der Waals surface area contributed by atoms with Crippen LogP contribution in [0.5, 0.6) is 5.75 Å². The Morgan fingerprint density at radius 2 is 1.93 bits per heavy atom. The van der Waals surface area contributed by atoms with Gasteiger partial charge in [0.2, 0.25) is 0 Å². The molecule has 29 heavy (non-hydrogen) atoms. The van der Waals surface area contributed by atoms with Gasteiger partial charge in [0, 0.05) is 32.2 Å². The van der Waals surface area contributed by atoms with Crippen LogP contribution in [0.3, 0.4) is 0 Å². The predicted molar refractivity (Wildman–Crippen MR) is 120 cm³/mol. The number of amides is 1. The van der Waals surface area contributed by atoms with Gasteiger partial charge in [-0.25, -0.2) is 0 Å². The molecule has 0 unspecified atom stereocenters. The summed E-state index contributed by atoms with van der Waals surface area (Å²) in [5.74, 6) is 1.19. The van der Waals surface area contributed by atoms with Gasteiger partial charge < -0.3 is 9.64 Å². The van der Waals surface area contributed by atoms with Gasteiger partial charge in [0.15, 0.2) is 0 Å². The number of fused-ring (bicyclic) bond motifs is 1. The van der Waals surface area contributed by atoms with Crippen LogP contribution in [-0.2, 0) is 0 Å². The van der Waals surface area contributed by atoms with E-state index in [0.717, 1.165) is 43.5 Å². The fraction of sp³-hybridized carbons (Fsp3) is 0.409. The zero-order valence-corrected chi connectivity index (χ0v) is 19.3. The first-order valence-electron chi connectivity index (χ1n) is 9.78. The van der Waals surface area contributed by atoms with Gasteiger partial charge >= 0.3 is 0 Å². The van der Waals surface area contributed by atoms with E-state index in [9.17, 15) is 4.79 Å². The molecule has 0 bridgehead atoms. The van der Waals surface area contributed by atoms with E-state index in [2.05, 4.69) is 26.9 Å². The monoisotopic (exact) mass is 496 g/mol. The maximum absolute atomic E-state index is 13.1. The van der Waals surface area contributed by atoms with Crippen molar-refractivity contribution < 1.29 is 9.53 Å². The number of carbonyl (C=O) groups excluding carboxylic acids is 1. The van der Waals surface area contributed by atoms with E-state index >= 15 is 0 Å². The first-order chi connectivity index (χ1) is 14.0. The van der Waals surface area contributed by atoms with Crippen molar-refractivity contribution in [1.29, 1.82) is 0 Å². The number of nitrogens with zero attached hydrogens (tertiary/aromatic N) is 2. The van der Waals surface area contributed by atoms with E-state index in [0.29, 0.717) is 33.3 Å². The summed E-state index contributed by atoms with van der Waals surface area (Å²) < 4.78 is 6.06. The van der Waals surface area contributed by atoms with E-state index in [1.165, 1.54) is 5.56 Å². The fourth-order valence-corrected chi connectivity index (χ4v) is 5.30. The molecule has 2 saturated heterocycles. The van der Waals surface area contributed by atoms with Gasteiger partial charge in [0.25, 0.3) is 5.91 Å². The molecule has 2 heterocycles. The molecule has 2 aliphatic heterocycles. The van der Waals surface area contributed by atoms with Crippen LogP contribution in [0.15, 0.2) is 40.9 Å². The largest absolute Gasteiger partial charge is 0.496 e. The van der Waals surface area contributed by atoms with Crippen molar-refractivity contribution in [2.45, 2.75) is 24.8 Å².